The Morgan fingerprint density at radius 3 is 2.43 bits per heavy atom. The summed E-state index contributed by atoms with van der Waals surface area (Å²) in [5.41, 5.74) is 1.59. The molecule has 2 aromatic carbocycles. The van der Waals surface area contributed by atoms with Crippen molar-refractivity contribution in [1.29, 1.82) is 0 Å². The highest BCUT2D eigenvalue weighted by molar-refractivity contribution is 9.10. The number of benzene rings is 2. The van der Waals surface area contributed by atoms with Gasteiger partial charge in [0.1, 0.15) is 23.1 Å². The molecule has 11 heteroatoms. The highest BCUT2D eigenvalue weighted by Crippen LogP contribution is 2.35. The topological polar surface area (TPSA) is 66.9 Å². The molecule has 0 atom stereocenters. The van der Waals surface area contributed by atoms with Crippen LogP contribution in [0, 0.1) is 11.6 Å². The van der Waals surface area contributed by atoms with Crippen LogP contribution in [0.3, 0.4) is 0 Å². The first-order valence-electron chi connectivity index (χ1n) is 9.07. The number of halogens is 4. The van der Waals surface area contributed by atoms with Crippen LogP contribution in [0.2, 0.25) is 0 Å². The first kappa shape index (κ1) is 21.7. The van der Waals surface area contributed by atoms with Gasteiger partial charge in [0, 0.05) is 29.2 Å². The van der Waals surface area contributed by atoms with Crippen molar-refractivity contribution in [2.24, 2.45) is 0 Å². The molecule has 1 saturated heterocycles. The molecule has 30 heavy (non-hydrogen) atoms. The molecule has 0 radical (unpaired) electrons. The minimum absolute atomic E-state index is 0.0692. The lowest BCUT2D eigenvalue weighted by atomic mass is 10.0. The molecule has 6 nitrogen and oxygen atoms in total. The second-order valence-electron chi connectivity index (χ2n) is 7.03. The molecule has 0 unspecified atom stereocenters. The highest BCUT2D eigenvalue weighted by atomic mass is 79.9. The van der Waals surface area contributed by atoms with E-state index in [4.69, 9.17) is 4.74 Å². The average Bonchev–Trinajstić information content (AvgIpc) is 2.71. The van der Waals surface area contributed by atoms with Crippen LogP contribution in [-0.2, 0) is 21.4 Å². The lowest BCUT2D eigenvalue weighted by Gasteiger charge is -2.39. The number of hydrogen-bond acceptors (Lipinski definition) is 4. The van der Waals surface area contributed by atoms with E-state index in [0.29, 0.717) is 18.9 Å². The summed E-state index contributed by atoms with van der Waals surface area (Å²) >= 11 is 6.24. The van der Waals surface area contributed by atoms with Crippen LogP contribution in [-0.4, -0.2) is 37.9 Å². The van der Waals surface area contributed by atoms with Crippen LogP contribution < -0.4 is 4.90 Å². The molecule has 0 aromatic heterocycles. The number of cyclic esters (lactones) is 1. The summed E-state index contributed by atoms with van der Waals surface area (Å²) in [6.07, 6.45) is 0.196. The van der Waals surface area contributed by atoms with Crippen LogP contribution >= 0.6 is 31.9 Å². The Hall–Kier alpha value is -1.56. The number of piperidine rings is 1. The normalized spacial score (nSPS) is 18.3. The molecular weight excluding hydrogens is 550 g/mol. The molecule has 0 aliphatic carbocycles. The number of amides is 1. The summed E-state index contributed by atoms with van der Waals surface area (Å²) in [4.78, 5) is 13.3. The zero-order valence-corrected chi connectivity index (χ0v) is 19.4. The number of anilines is 1. The molecule has 0 N–H and O–H groups in total. The zero-order chi connectivity index (χ0) is 21.6. The Bertz CT molecular complexity index is 1120. The average molecular weight is 566 g/mol. The van der Waals surface area contributed by atoms with E-state index < -0.39 is 32.6 Å². The third-order valence-corrected chi connectivity index (χ3v) is 8.24. The Kier molecular flexibility index (Phi) is 5.90. The number of hydrogen-bond donors (Lipinski definition) is 0. The molecule has 160 valence electrons. The predicted molar refractivity (Wildman–Crippen MR) is 113 cm³/mol. The van der Waals surface area contributed by atoms with Crippen molar-refractivity contribution in [1.82, 2.24) is 4.31 Å². The molecule has 1 fully saturated rings. The van der Waals surface area contributed by atoms with E-state index in [1.165, 1.54) is 0 Å². The van der Waals surface area contributed by atoms with Gasteiger partial charge in [-0.3, -0.25) is 4.90 Å². The Morgan fingerprint density at radius 2 is 1.73 bits per heavy atom. The summed E-state index contributed by atoms with van der Waals surface area (Å²) in [5, 5.41) is 0. The van der Waals surface area contributed by atoms with E-state index in [1.54, 1.807) is 4.90 Å². The number of nitrogens with zero attached hydrogens (tertiary/aromatic N) is 2. The van der Waals surface area contributed by atoms with E-state index in [2.05, 4.69) is 31.9 Å². The Labute approximate surface area is 189 Å². The molecule has 1 amide bonds. The van der Waals surface area contributed by atoms with Gasteiger partial charge in [0.25, 0.3) is 0 Å². The van der Waals surface area contributed by atoms with Gasteiger partial charge >= 0.3 is 6.09 Å². The smallest absolute Gasteiger partial charge is 0.414 e. The number of carbonyl (C=O) groups excluding carboxylic acids is 1. The van der Waals surface area contributed by atoms with Gasteiger partial charge in [-0.2, -0.15) is 4.31 Å². The van der Waals surface area contributed by atoms with Gasteiger partial charge in [0.2, 0.25) is 10.0 Å². The predicted octanol–water partition coefficient (Wildman–Crippen LogP) is 4.80. The lowest BCUT2D eigenvalue weighted by Crippen LogP contribution is -2.50. The molecule has 0 bridgehead atoms. The van der Waals surface area contributed by atoms with E-state index >= 15 is 0 Å². The molecule has 2 aliphatic heterocycles. The van der Waals surface area contributed by atoms with Crippen molar-refractivity contribution in [3.63, 3.8) is 0 Å². The van der Waals surface area contributed by atoms with Crippen LogP contribution in [0.25, 0.3) is 0 Å². The molecule has 2 aliphatic rings. The van der Waals surface area contributed by atoms with E-state index in [9.17, 15) is 22.0 Å². The number of fused-ring (bicyclic) bond motifs is 1. The summed E-state index contributed by atoms with van der Waals surface area (Å²) in [6.45, 7) is 0.311. The first-order chi connectivity index (χ1) is 14.2. The molecule has 0 saturated carbocycles. The molecule has 4 rings (SSSR count). The highest BCUT2D eigenvalue weighted by Gasteiger charge is 2.38. The quantitative estimate of drug-likeness (QED) is 0.501. The molecule has 2 heterocycles. The summed E-state index contributed by atoms with van der Waals surface area (Å²) in [6, 6.07) is 6.73. The number of sulfonamides is 1. The van der Waals surface area contributed by atoms with Crippen LogP contribution in [0.1, 0.15) is 18.4 Å². The molecular formula is C19H16Br2F2N2O4S. The van der Waals surface area contributed by atoms with Crippen molar-refractivity contribution < 1.29 is 26.7 Å². The van der Waals surface area contributed by atoms with Gasteiger partial charge in [0.15, 0.2) is 0 Å². The third-order valence-electron chi connectivity index (χ3n) is 5.23. The van der Waals surface area contributed by atoms with E-state index in [-0.39, 0.29) is 30.2 Å². The van der Waals surface area contributed by atoms with Crippen molar-refractivity contribution in [2.75, 3.05) is 18.0 Å². The monoisotopic (exact) mass is 564 g/mol. The lowest BCUT2D eigenvalue weighted by molar-refractivity contribution is 0.135. The first-order valence-corrected chi connectivity index (χ1v) is 12.1. The van der Waals surface area contributed by atoms with Gasteiger partial charge in [-0.05, 0) is 59.1 Å². The van der Waals surface area contributed by atoms with Crippen molar-refractivity contribution in [3.8, 4) is 0 Å². The van der Waals surface area contributed by atoms with E-state index in [0.717, 1.165) is 26.1 Å². The Morgan fingerprint density at radius 1 is 1.03 bits per heavy atom. The maximum atomic E-state index is 14.2. The second-order valence-corrected chi connectivity index (χ2v) is 10.7. The largest absolute Gasteiger partial charge is 0.444 e. The molecule has 0 spiro atoms. The van der Waals surface area contributed by atoms with Crippen molar-refractivity contribution in [2.45, 2.75) is 30.4 Å². The van der Waals surface area contributed by atoms with E-state index in [1.807, 2.05) is 18.2 Å². The maximum Gasteiger partial charge on any atom is 0.414 e. The summed E-state index contributed by atoms with van der Waals surface area (Å²) in [7, 11) is -4.21. The standard InChI is InChI=1S/C19H16Br2F2N2O4S/c20-12-1-2-17-11(7-12)10-29-19(26)25(17)13-3-5-24(6-4-13)30(27,28)18-9-15(22)14(21)8-16(18)23/h1-2,7-9,13H,3-6,10H2. The number of rotatable bonds is 3. The number of ether oxygens (including phenoxy) is 1. The minimum atomic E-state index is -4.21. The summed E-state index contributed by atoms with van der Waals surface area (Å²) < 4.78 is 60.8. The fourth-order valence-electron chi connectivity index (χ4n) is 3.74. The molecule has 2 aromatic rings. The van der Waals surface area contributed by atoms with Gasteiger partial charge < -0.3 is 4.74 Å². The number of carbonyl (C=O) groups is 1. The maximum absolute atomic E-state index is 14.2. The van der Waals surface area contributed by atoms with Crippen LogP contribution in [0.15, 0.2) is 44.2 Å². The van der Waals surface area contributed by atoms with Crippen LogP contribution in [0.5, 0.6) is 0 Å². The SMILES string of the molecule is O=C1OCc2cc(Br)ccc2N1C1CCN(S(=O)(=O)c2cc(F)c(Br)cc2F)CC1. The third kappa shape index (κ3) is 3.88. The summed E-state index contributed by atoms with van der Waals surface area (Å²) in [5.74, 6) is -1.88. The van der Waals surface area contributed by atoms with Gasteiger partial charge in [-0.25, -0.2) is 22.0 Å². The fourth-order valence-corrected chi connectivity index (χ4v) is 5.99. The van der Waals surface area contributed by atoms with Gasteiger partial charge in [-0.15, -0.1) is 0 Å². The van der Waals surface area contributed by atoms with Crippen molar-refractivity contribution in [3.05, 3.63) is 56.5 Å². The van der Waals surface area contributed by atoms with Gasteiger partial charge in [-0.1, -0.05) is 15.9 Å². The fraction of sp³-hybridized carbons (Fsp3) is 0.316. The second kappa shape index (κ2) is 8.18. The zero-order valence-electron chi connectivity index (χ0n) is 15.4. The van der Waals surface area contributed by atoms with Gasteiger partial charge in [0.05, 0.1) is 10.2 Å². The Balaban J connectivity index is 1.55. The van der Waals surface area contributed by atoms with Crippen molar-refractivity contribution >= 4 is 53.7 Å². The van der Waals surface area contributed by atoms with Crippen LogP contribution in [0.4, 0.5) is 19.3 Å². The minimum Gasteiger partial charge on any atom is -0.444 e.